The van der Waals surface area contributed by atoms with Gasteiger partial charge in [-0.15, -0.1) is 0 Å². The summed E-state index contributed by atoms with van der Waals surface area (Å²) in [4.78, 5) is 7.80. The molecule has 70 valence electrons. The van der Waals surface area contributed by atoms with E-state index in [1.165, 1.54) is 6.07 Å². The van der Waals surface area contributed by atoms with Crippen molar-refractivity contribution < 1.29 is 4.39 Å². The third-order valence-electron chi connectivity index (χ3n) is 1.78. The molecule has 2 N–H and O–H groups in total. The SMILES string of the molecule is Nc1ccnc(-c2cncc(F)c2)c1. The lowest BCUT2D eigenvalue weighted by Gasteiger charge is -2.00. The van der Waals surface area contributed by atoms with Gasteiger partial charge in [0, 0.05) is 23.6 Å². The lowest BCUT2D eigenvalue weighted by Crippen LogP contribution is -1.89. The zero-order valence-electron chi connectivity index (χ0n) is 7.31. The van der Waals surface area contributed by atoms with E-state index in [9.17, 15) is 4.39 Å². The molecule has 14 heavy (non-hydrogen) atoms. The van der Waals surface area contributed by atoms with Gasteiger partial charge in [-0.25, -0.2) is 4.39 Å². The molecule has 0 bridgehead atoms. The van der Waals surface area contributed by atoms with Crippen LogP contribution in [-0.2, 0) is 0 Å². The Hall–Kier alpha value is -1.97. The molecular formula is C10H8FN3. The van der Waals surface area contributed by atoms with Gasteiger partial charge in [0.2, 0.25) is 0 Å². The maximum absolute atomic E-state index is 12.8. The molecule has 4 heteroatoms. The molecule has 0 aliphatic rings. The van der Waals surface area contributed by atoms with Gasteiger partial charge in [0.25, 0.3) is 0 Å². The van der Waals surface area contributed by atoms with Gasteiger partial charge in [-0.1, -0.05) is 0 Å². The fraction of sp³-hybridized carbons (Fsp3) is 0. The van der Waals surface area contributed by atoms with Crippen molar-refractivity contribution in [2.45, 2.75) is 0 Å². The van der Waals surface area contributed by atoms with Crippen molar-refractivity contribution >= 4 is 5.69 Å². The Kier molecular flexibility index (Phi) is 2.10. The van der Waals surface area contributed by atoms with Gasteiger partial charge in [0.15, 0.2) is 0 Å². The Balaban J connectivity index is 2.49. The molecule has 0 saturated carbocycles. The molecule has 2 aromatic heterocycles. The second-order valence-corrected chi connectivity index (χ2v) is 2.87. The van der Waals surface area contributed by atoms with E-state index in [0.717, 1.165) is 6.20 Å². The van der Waals surface area contributed by atoms with Crippen molar-refractivity contribution in [3.05, 3.63) is 42.6 Å². The molecular weight excluding hydrogens is 181 g/mol. The number of hydrogen-bond donors (Lipinski definition) is 1. The predicted molar refractivity (Wildman–Crippen MR) is 51.8 cm³/mol. The van der Waals surface area contributed by atoms with Crippen LogP contribution in [0.1, 0.15) is 0 Å². The minimum absolute atomic E-state index is 0.383. The molecule has 2 heterocycles. The van der Waals surface area contributed by atoms with Crippen LogP contribution in [0, 0.1) is 5.82 Å². The molecule has 0 atom stereocenters. The van der Waals surface area contributed by atoms with Crippen LogP contribution in [0.25, 0.3) is 11.3 Å². The lowest BCUT2D eigenvalue weighted by molar-refractivity contribution is 0.622. The van der Waals surface area contributed by atoms with E-state index in [1.54, 1.807) is 24.5 Å². The summed E-state index contributed by atoms with van der Waals surface area (Å²) in [5.74, 6) is -0.383. The van der Waals surface area contributed by atoms with Crippen LogP contribution in [0.3, 0.4) is 0 Å². The van der Waals surface area contributed by atoms with Gasteiger partial charge < -0.3 is 5.73 Å². The summed E-state index contributed by atoms with van der Waals surface area (Å²) in [6.45, 7) is 0. The number of nitrogen functional groups attached to an aromatic ring is 1. The Morgan fingerprint density at radius 3 is 2.79 bits per heavy atom. The number of aromatic nitrogens is 2. The van der Waals surface area contributed by atoms with Gasteiger partial charge in [-0.2, -0.15) is 0 Å². The Morgan fingerprint density at radius 2 is 2.07 bits per heavy atom. The maximum Gasteiger partial charge on any atom is 0.142 e. The summed E-state index contributed by atoms with van der Waals surface area (Å²) in [6, 6.07) is 4.72. The zero-order valence-corrected chi connectivity index (χ0v) is 7.31. The fourth-order valence-electron chi connectivity index (χ4n) is 1.16. The van der Waals surface area contributed by atoms with E-state index in [2.05, 4.69) is 9.97 Å². The first-order valence-electron chi connectivity index (χ1n) is 4.08. The molecule has 3 nitrogen and oxygen atoms in total. The molecule has 0 aliphatic heterocycles. The summed E-state index contributed by atoms with van der Waals surface area (Å²) >= 11 is 0. The van der Waals surface area contributed by atoms with Crippen molar-refractivity contribution in [1.82, 2.24) is 9.97 Å². The minimum Gasteiger partial charge on any atom is -0.399 e. The largest absolute Gasteiger partial charge is 0.399 e. The fourth-order valence-corrected chi connectivity index (χ4v) is 1.16. The highest BCUT2D eigenvalue weighted by molar-refractivity contribution is 5.61. The van der Waals surface area contributed by atoms with Crippen molar-refractivity contribution in [2.24, 2.45) is 0 Å². The number of anilines is 1. The summed E-state index contributed by atoms with van der Waals surface area (Å²) < 4.78 is 12.8. The quantitative estimate of drug-likeness (QED) is 0.744. The van der Waals surface area contributed by atoms with Crippen LogP contribution in [-0.4, -0.2) is 9.97 Å². The molecule has 0 aliphatic carbocycles. The highest BCUT2D eigenvalue weighted by Gasteiger charge is 2.01. The van der Waals surface area contributed by atoms with Gasteiger partial charge >= 0.3 is 0 Å². The first kappa shape index (κ1) is 8.62. The van der Waals surface area contributed by atoms with Crippen LogP contribution < -0.4 is 5.73 Å². The molecule has 0 aromatic carbocycles. The Labute approximate surface area is 80.4 Å². The van der Waals surface area contributed by atoms with Gasteiger partial charge in [-0.3, -0.25) is 9.97 Å². The second-order valence-electron chi connectivity index (χ2n) is 2.87. The highest BCUT2D eigenvalue weighted by atomic mass is 19.1. The van der Waals surface area contributed by atoms with Gasteiger partial charge in [-0.05, 0) is 18.2 Å². The third-order valence-corrected chi connectivity index (χ3v) is 1.78. The molecule has 2 aromatic rings. The van der Waals surface area contributed by atoms with E-state index < -0.39 is 0 Å². The number of rotatable bonds is 1. The number of nitrogens with zero attached hydrogens (tertiary/aromatic N) is 2. The van der Waals surface area contributed by atoms with Gasteiger partial charge in [0.05, 0.1) is 11.9 Å². The molecule has 0 spiro atoms. The van der Waals surface area contributed by atoms with E-state index in [1.807, 2.05) is 0 Å². The Bertz CT molecular complexity index is 413. The molecule has 0 saturated heterocycles. The van der Waals surface area contributed by atoms with Crippen LogP contribution in [0.15, 0.2) is 36.8 Å². The lowest BCUT2D eigenvalue weighted by atomic mass is 10.2. The summed E-state index contributed by atoms with van der Waals surface area (Å²) in [5.41, 5.74) is 7.42. The van der Waals surface area contributed by atoms with Crippen molar-refractivity contribution in [3.8, 4) is 11.3 Å². The normalized spacial score (nSPS) is 10.1. The van der Waals surface area contributed by atoms with Crippen molar-refractivity contribution in [3.63, 3.8) is 0 Å². The number of halogens is 1. The molecule has 0 unspecified atom stereocenters. The topological polar surface area (TPSA) is 51.8 Å². The average molecular weight is 189 g/mol. The monoisotopic (exact) mass is 189 g/mol. The zero-order chi connectivity index (χ0) is 9.97. The standard InChI is InChI=1S/C10H8FN3/c11-8-3-7(5-13-6-8)10-4-9(12)1-2-14-10/h1-6H,(H2,12,14). The predicted octanol–water partition coefficient (Wildman–Crippen LogP) is 1.86. The number of hydrogen-bond acceptors (Lipinski definition) is 3. The molecule has 0 amide bonds. The first-order chi connectivity index (χ1) is 6.75. The van der Waals surface area contributed by atoms with Crippen LogP contribution in [0.2, 0.25) is 0 Å². The molecule has 0 fully saturated rings. The average Bonchev–Trinajstić information content (AvgIpc) is 2.18. The highest BCUT2D eigenvalue weighted by Crippen LogP contribution is 2.17. The molecule has 2 rings (SSSR count). The van der Waals surface area contributed by atoms with Crippen LogP contribution >= 0.6 is 0 Å². The summed E-state index contributed by atoms with van der Waals surface area (Å²) in [7, 11) is 0. The number of nitrogens with two attached hydrogens (primary N) is 1. The minimum atomic E-state index is -0.383. The van der Waals surface area contributed by atoms with Gasteiger partial charge in [0.1, 0.15) is 5.82 Å². The third kappa shape index (κ3) is 1.69. The van der Waals surface area contributed by atoms with E-state index in [4.69, 9.17) is 5.73 Å². The summed E-state index contributed by atoms with van der Waals surface area (Å²) in [6.07, 6.45) is 4.27. The number of pyridine rings is 2. The first-order valence-corrected chi connectivity index (χ1v) is 4.08. The smallest absolute Gasteiger partial charge is 0.142 e. The van der Waals surface area contributed by atoms with E-state index >= 15 is 0 Å². The second kappa shape index (κ2) is 3.41. The van der Waals surface area contributed by atoms with Crippen molar-refractivity contribution in [1.29, 1.82) is 0 Å². The summed E-state index contributed by atoms with van der Waals surface area (Å²) in [5, 5.41) is 0. The van der Waals surface area contributed by atoms with Crippen LogP contribution in [0.4, 0.5) is 10.1 Å². The maximum atomic E-state index is 12.8. The molecule has 0 radical (unpaired) electrons. The van der Waals surface area contributed by atoms with E-state index in [0.29, 0.717) is 16.9 Å². The van der Waals surface area contributed by atoms with Crippen molar-refractivity contribution in [2.75, 3.05) is 5.73 Å². The van der Waals surface area contributed by atoms with Crippen LogP contribution in [0.5, 0.6) is 0 Å². The van der Waals surface area contributed by atoms with E-state index in [-0.39, 0.29) is 5.82 Å². The Morgan fingerprint density at radius 1 is 1.21 bits per heavy atom.